The SMILES string of the molecule is CC[N+]1(c2ccc(F)cc2)N=Cc2c(NC3CCOCC3)ccnc21. The highest BCUT2D eigenvalue weighted by atomic mass is 19.1. The van der Waals surface area contributed by atoms with Crippen molar-refractivity contribution in [3.8, 4) is 0 Å². The number of benzene rings is 1. The lowest BCUT2D eigenvalue weighted by Crippen LogP contribution is -2.37. The van der Waals surface area contributed by atoms with Gasteiger partial charge >= 0.3 is 0 Å². The van der Waals surface area contributed by atoms with Gasteiger partial charge in [-0.15, -0.1) is 4.59 Å². The van der Waals surface area contributed by atoms with E-state index in [9.17, 15) is 4.39 Å². The van der Waals surface area contributed by atoms with Crippen LogP contribution in [0.25, 0.3) is 0 Å². The molecule has 130 valence electrons. The van der Waals surface area contributed by atoms with E-state index in [1.165, 1.54) is 12.1 Å². The van der Waals surface area contributed by atoms with Crippen LogP contribution >= 0.6 is 0 Å². The molecule has 1 atom stereocenters. The smallest absolute Gasteiger partial charge is 0.270 e. The Morgan fingerprint density at radius 1 is 1.20 bits per heavy atom. The van der Waals surface area contributed by atoms with Crippen molar-refractivity contribution in [1.29, 1.82) is 0 Å². The Hall–Kier alpha value is -2.31. The quantitative estimate of drug-likeness (QED) is 0.860. The number of halogens is 1. The maximum absolute atomic E-state index is 13.3. The monoisotopic (exact) mass is 341 g/mol. The van der Waals surface area contributed by atoms with Crippen LogP contribution in [-0.2, 0) is 4.74 Å². The highest BCUT2D eigenvalue weighted by Gasteiger charge is 2.41. The van der Waals surface area contributed by atoms with Gasteiger partial charge in [-0.25, -0.2) is 9.37 Å². The summed E-state index contributed by atoms with van der Waals surface area (Å²) < 4.78 is 19.0. The van der Waals surface area contributed by atoms with Gasteiger partial charge in [-0.05, 0) is 38.0 Å². The molecule has 0 aliphatic carbocycles. The fourth-order valence-corrected chi connectivity index (χ4v) is 3.57. The van der Waals surface area contributed by atoms with E-state index in [2.05, 4.69) is 17.2 Å². The van der Waals surface area contributed by atoms with Crippen molar-refractivity contribution in [2.75, 3.05) is 25.1 Å². The predicted molar refractivity (Wildman–Crippen MR) is 97.7 cm³/mol. The summed E-state index contributed by atoms with van der Waals surface area (Å²) in [5.74, 6) is 0.635. The first kappa shape index (κ1) is 16.2. The van der Waals surface area contributed by atoms with Crippen molar-refractivity contribution in [2.45, 2.75) is 25.8 Å². The van der Waals surface area contributed by atoms with Crippen molar-refractivity contribution in [3.05, 3.63) is 47.9 Å². The van der Waals surface area contributed by atoms with E-state index in [0.29, 0.717) is 12.6 Å². The molecule has 0 amide bonds. The van der Waals surface area contributed by atoms with E-state index < -0.39 is 0 Å². The fourth-order valence-electron chi connectivity index (χ4n) is 3.57. The topological polar surface area (TPSA) is 46.5 Å². The number of anilines is 1. The molecule has 6 heteroatoms. The predicted octanol–water partition coefficient (Wildman–Crippen LogP) is 3.82. The minimum Gasteiger partial charge on any atom is -0.381 e. The van der Waals surface area contributed by atoms with Gasteiger partial charge in [0.15, 0.2) is 5.69 Å². The molecule has 25 heavy (non-hydrogen) atoms. The Morgan fingerprint density at radius 2 is 1.96 bits per heavy atom. The second kappa shape index (κ2) is 6.54. The molecule has 0 spiro atoms. The second-order valence-electron chi connectivity index (χ2n) is 6.43. The molecule has 3 heterocycles. The van der Waals surface area contributed by atoms with Crippen LogP contribution in [0.2, 0.25) is 0 Å². The average Bonchev–Trinajstić information content (AvgIpc) is 3.04. The first-order chi connectivity index (χ1) is 12.2. The molecule has 1 aromatic heterocycles. The van der Waals surface area contributed by atoms with Gasteiger partial charge in [0.1, 0.15) is 24.1 Å². The van der Waals surface area contributed by atoms with Crippen LogP contribution in [-0.4, -0.2) is 37.0 Å². The Morgan fingerprint density at radius 3 is 2.68 bits per heavy atom. The molecule has 1 fully saturated rings. The van der Waals surface area contributed by atoms with Crippen molar-refractivity contribution < 1.29 is 9.13 Å². The molecular formula is C19H22FN4O+. The van der Waals surface area contributed by atoms with E-state index in [1.807, 2.05) is 18.5 Å². The molecule has 4 rings (SSSR count). The number of nitrogens with one attached hydrogen (secondary N) is 1. The number of hydrogen-bond acceptors (Lipinski definition) is 4. The van der Waals surface area contributed by atoms with Gasteiger partial charge in [0.05, 0.1) is 5.69 Å². The number of pyridine rings is 1. The summed E-state index contributed by atoms with van der Waals surface area (Å²) in [4.78, 5) is 4.63. The molecule has 0 bridgehead atoms. The van der Waals surface area contributed by atoms with Gasteiger partial charge < -0.3 is 10.1 Å². The average molecular weight is 341 g/mol. The van der Waals surface area contributed by atoms with Crippen LogP contribution in [0.5, 0.6) is 0 Å². The van der Waals surface area contributed by atoms with Crippen molar-refractivity contribution in [1.82, 2.24) is 9.58 Å². The summed E-state index contributed by atoms with van der Waals surface area (Å²) >= 11 is 0. The summed E-state index contributed by atoms with van der Waals surface area (Å²) in [6, 6.07) is 8.92. The number of hydrogen-bond donors (Lipinski definition) is 1. The number of aromatic nitrogens is 1. The molecule has 2 aromatic rings. The highest BCUT2D eigenvalue weighted by molar-refractivity contribution is 5.97. The zero-order valence-electron chi connectivity index (χ0n) is 14.3. The van der Waals surface area contributed by atoms with Crippen LogP contribution in [0, 0.1) is 5.82 Å². The lowest BCUT2D eigenvalue weighted by atomic mass is 10.1. The minimum absolute atomic E-state index is 0.246. The third kappa shape index (κ3) is 2.81. The van der Waals surface area contributed by atoms with Gasteiger partial charge in [-0.2, -0.15) is 0 Å². The third-order valence-electron chi connectivity index (χ3n) is 5.00. The zero-order valence-corrected chi connectivity index (χ0v) is 14.3. The number of quaternary nitrogens is 1. The number of ether oxygens (including phenoxy) is 1. The van der Waals surface area contributed by atoms with Gasteiger partial charge in [0, 0.05) is 37.6 Å². The molecule has 1 unspecified atom stereocenters. The molecule has 2 aliphatic heterocycles. The normalized spacial score (nSPS) is 22.8. The number of fused-ring (bicyclic) bond motifs is 1. The molecule has 1 aromatic carbocycles. The van der Waals surface area contributed by atoms with Crippen molar-refractivity contribution in [3.63, 3.8) is 0 Å². The Kier molecular flexibility index (Phi) is 4.23. The number of nitrogens with zero attached hydrogens (tertiary/aromatic N) is 3. The summed E-state index contributed by atoms with van der Waals surface area (Å²) in [7, 11) is 0. The minimum atomic E-state index is -0.246. The highest BCUT2D eigenvalue weighted by Crippen LogP contribution is 2.41. The van der Waals surface area contributed by atoms with E-state index in [-0.39, 0.29) is 10.4 Å². The molecule has 0 radical (unpaired) electrons. The third-order valence-corrected chi connectivity index (χ3v) is 5.00. The van der Waals surface area contributed by atoms with Crippen molar-refractivity contribution in [2.24, 2.45) is 5.10 Å². The standard InChI is InChI=1S/C19H22FN4O/c1-2-24(16-5-3-14(20)4-6-16)19-17(13-22-24)18(7-10-21-19)23-15-8-11-25-12-9-15/h3-7,10,13,15H,2,8-9,11-12H2,1H3,(H,21,23)/q+1. The maximum Gasteiger partial charge on any atom is 0.270 e. The molecule has 5 nitrogen and oxygen atoms in total. The molecule has 1 saturated heterocycles. The first-order valence-electron chi connectivity index (χ1n) is 8.76. The summed E-state index contributed by atoms with van der Waals surface area (Å²) in [6.07, 6.45) is 5.71. The van der Waals surface area contributed by atoms with Crippen LogP contribution in [0.15, 0.2) is 41.6 Å². The van der Waals surface area contributed by atoms with Crippen LogP contribution in [0.3, 0.4) is 0 Å². The first-order valence-corrected chi connectivity index (χ1v) is 8.76. The van der Waals surface area contributed by atoms with E-state index in [4.69, 9.17) is 9.84 Å². The van der Waals surface area contributed by atoms with Gasteiger partial charge in [0.2, 0.25) is 0 Å². The molecule has 0 saturated carbocycles. The lowest BCUT2D eigenvalue weighted by molar-refractivity contribution is 0.0904. The Labute approximate surface area is 146 Å². The lowest BCUT2D eigenvalue weighted by Gasteiger charge is -2.27. The van der Waals surface area contributed by atoms with Crippen LogP contribution in [0.4, 0.5) is 21.6 Å². The summed E-state index contributed by atoms with van der Waals surface area (Å²) in [6.45, 7) is 4.37. The van der Waals surface area contributed by atoms with E-state index in [0.717, 1.165) is 48.8 Å². The van der Waals surface area contributed by atoms with Gasteiger partial charge in [-0.1, -0.05) is 5.10 Å². The fraction of sp³-hybridized carbons (Fsp3) is 0.368. The van der Waals surface area contributed by atoms with Crippen molar-refractivity contribution >= 4 is 23.4 Å². The molecule has 2 aliphatic rings. The largest absolute Gasteiger partial charge is 0.381 e. The molecule has 1 N–H and O–H groups in total. The number of rotatable bonds is 4. The zero-order chi connectivity index (χ0) is 17.3. The van der Waals surface area contributed by atoms with Gasteiger partial charge in [-0.3, -0.25) is 0 Å². The summed E-state index contributed by atoms with van der Waals surface area (Å²) in [5, 5.41) is 8.39. The van der Waals surface area contributed by atoms with Gasteiger partial charge in [0.25, 0.3) is 5.82 Å². The van der Waals surface area contributed by atoms with E-state index in [1.54, 1.807) is 12.1 Å². The maximum atomic E-state index is 13.3. The van der Waals surface area contributed by atoms with Crippen LogP contribution in [0.1, 0.15) is 25.3 Å². The van der Waals surface area contributed by atoms with Crippen LogP contribution < -0.4 is 9.91 Å². The second-order valence-corrected chi connectivity index (χ2v) is 6.43. The Bertz CT molecular complexity index is 787. The van der Waals surface area contributed by atoms with E-state index >= 15 is 0 Å². The Balaban J connectivity index is 1.71. The molecular weight excluding hydrogens is 319 g/mol. The summed E-state index contributed by atoms with van der Waals surface area (Å²) in [5.41, 5.74) is 2.98.